The van der Waals surface area contributed by atoms with E-state index < -0.39 is 0 Å². The Hall–Kier alpha value is -1.65. The lowest BCUT2D eigenvalue weighted by Crippen LogP contribution is -2.34. The first kappa shape index (κ1) is 15.4. The molecule has 0 fully saturated rings. The van der Waals surface area contributed by atoms with Gasteiger partial charge in [0.1, 0.15) is 5.82 Å². The Morgan fingerprint density at radius 3 is 2.53 bits per heavy atom. The van der Waals surface area contributed by atoms with Crippen molar-refractivity contribution in [3.8, 4) is 0 Å². The SMILES string of the molecule is CCCNc1ccc(C(=O)N(CC)CC(C)C)nn1. The minimum atomic E-state index is -0.0502. The minimum absolute atomic E-state index is 0.0502. The van der Waals surface area contributed by atoms with Gasteiger partial charge >= 0.3 is 0 Å². The molecule has 5 nitrogen and oxygen atoms in total. The van der Waals surface area contributed by atoms with Crippen LogP contribution in [0.15, 0.2) is 12.1 Å². The second-order valence-electron chi connectivity index (χ2n) is 4.97. The number of nitrogens with zero attached hydrogens (tertiary/aromatic N) is 3. The molecule has 1 heterocycles. The molecule has 0 aliphatic rings. The van der Waals surface area contributed by atoms with E-state index in [2.05, 4.69) is 36.3 Å². The van der Waals surface area contributed by atoms with Crippen molar-refractivity contribution < 1.29 is 4.79 Å². The molecule has 0 saturated heterocycles. The maximum atomic E-state index is 12.2. The topological polar surface area (TPSA) is 58.1 Å². The third kappa shape index (κ3) is 4.85. The molecule has 0 radical (unpaired) electrons. The van der Waals surface area contributed by atoms with Crippen molar-refractivity contribution in [1.29, 1.82) is 0 Å². The molecule has 0 aliphatic carbocycles. The first-order valence-electron chi connectivity index (χ1n) is 6.95. The Morgan fingerprint density at radius 2 is 2.05 bits per heavy atom. The summed E-state index contributed by atoms with van der Waals surface area (Å²) in [6.07, 6.45) is 1.03. The number of carbonyl (C=O) groups excluding carboxylic acids is 1. The van der Waals surface area contributed by atoms with Crippen molar-refractivity contribution in [1.82, 2.24) is 15.1 Å². The summed E-state index contributed by atoms with van der Waals surface area (Å²) in [5, 5.41) is 11.2. The molecule has 19 heavy (non-hydrogen) atoms. The molecule has 1 amide bonds. The molecular weight excluding hydrogens is 240 g/mol. The molecule has 0 atom stereocenters. The number of aromatic nitrogens is 2. The van der Waals surface area contributed by atoms with Crippen LogP contribution in [0.4, 0.5) is 5.82 Å². The fourth-order valence-electron chi connectivity index (χ4n) is 1.75. The number of anilines is 1. The van der Waals surface area contributed by atoms with Crippen molar-refractivity contribution >= 4 is 11.7 Å². The molecule has 106 valence electrons. The molecule has 0 aliphatic heterocycles. The lowest BCUT2D eigenvalue weighted by atomic mass is 10.2. The molecular formula is C14H24N4O. The van der Waals surface area contributed by atoms with Gasteiger partial charge in [-0.2, -0.15) is 0 Å². The van der Waals surface area contributed by atoms with Gasteiger partial charge < -0.3 is 10.2 Å². The van der Waals surface area contributed by atoms with Crippen LogP contribution in [0.3, 0.4) is 0 Å². The van der Waals surface area contributed by atoms with Crippen LogP contribution in [0.25, 0.3) is 0 Å². The third-order valence-corrected chi connectivity index (χ3v) is 2.69. The smallest absolute Gasteiger partial charge is 0.274 e. The van der Waals surface area contributed by atoms with Crippen molar-refractivity contribution in [3.05, 3.63) is 17.8 Å². The fourth-order valence-corrected chi connectivity index (χ4v) is 1.75. The summed E-state index contributed by atoms with van der Waals surface area (Å²) in [4.78, 5) is 14.0. The van der Waals surface area contributed by atoms with E-state index in [0.29, 0.717) is 24.0 Å². The summed E-state index contributed by atoms with van der Waals surface area (Å²) in [5.41, 5.74) is 0.407. The van der Waals surface area contributed by atoms with Gasteiger partial charge in [0.25, 0.3) is 5.91 Å². The van der Waals surface area contributed by atoms with Crippen LogP contribution in [0, 0.1) is 5.92 Å². The summed E-state index contributed by atoms with van der Waals surface area (Å²) in [6.45, 7) is 10.5. The van der Waals surface area contributed by atoms with Crippen LogP contribution in [0.5, 0.6) is 0 Å². The predicted octanol–water partition coefficient (Wildman–Crippen LogP) is 2.42. The Morgan fingerprint density at radius 1 is 1.32 bits per heavy atom. The lowest BCUT2D eigenvalue weighted by molar-refractivity contribution is 0.0738. The van der Waals surface area contributed by atoms with Gasteiger partial charge in [-0.3, -0.25) is 4.79 Å². The van der Waals surface area contributed by atoms with Crippen LogP contribution in [0.2, 0.25) is 0 Å². The largest absolute Gasteiger partial charge is 0.369 e. The maximum Gasteiger partial charge on any atom is 0.274 e. The number of hydrogen-bond donors (Lipinski definition) is 1. The second kappa shape index (κ2) is 7.71. The average molecular weight is 264 g/mol. The number of amides is 1. The Bertz CT molecular complexity index is 389. The van der Waals surface area contributed by atoms with Gasteiger partial charge in [0, 0.05) is 19.6 Å². The van der Waals surface area contributed by atoms with Crippen molar-refractivity contribution in [2.45, 2.75) is 34.1 Å². The van der Waals surface area contributed by atoms with E-state index in [9.17, 15) is 4.79 Å². The zero-order valence-corrected chi connectivity index (χ0v) is 12.3. The number of carbonyl (C=O) groups is 1. The number of nitrogens with one attached hydrogen (secondary N) is 1. The average Bonchev–Trinajstić information content (AvgIpc) is 2.42. The highest BCUT2D eigenvalue weighted by atomic mass is 16.2. The molecule has 0 saturated carbocycles. The Kier molecular flexibility index (Phi) is 6.25. The third-order valence-electron chi connectivity index (χ3n) is 2.69. The molecule has 0 unspecified atom stereocenters. The summed E-state index contributed by atoms with van der Waals surface area (Å²) in [7, 11) is 0. The van der Waals surface area contributed by atoms with E-state index in [1.54, 1.807) is 17.0 Å². The first-order chi connectivity index (χ1) is 9.08. The van der Waals surface area contributed by atoms with Crippen LogP contribution in [-0.2, 0) is 0 Å². The molecule has 0 spiro atoms. The van der Waals surface area contributed by atoms with E-state index in [1.807, 2.05) is 6.92 Å². The van der Waals surface area contributed by atoms with E-state index >= 15 is 0 Å². The Labute approximate surface area is 115 Å². The predicted molar refractivity (Wildman–Crippen MR) is 77.2 cm³/mol. The highest BCUT2D eigenvalue weighted by molar-refractivity contribution is 5.92. The molecule has 1 aromatic rings. The summed E-state index contributed by atoms with van der Waals surface area (Å²) < 4.78 is 0. The van der Waals surface area contributed by atoms with E-state index in [4.69, 9.17) is 0 Å². The summed E-state index contributed by atoms with van der Waals surface area (Å²) in [6, 6.07) is 3.54. The highest BCUT2D eigenvalue weighted by Gasteiger charge is 2.16. The summed E-state index contributed by atoms with van der Waals surface area (Å²) in [5.74, 6) is 1.11. The van der Waals surface area contributed by atoms with Crippen molar-refractivity contribution in [2.24, 2.45) is 5.92 Å². The molecule has 0 bridgehead atoms. The number of rotatable bonds is 7. The van der Waals surface area contributed by atoms with Crippen LogP contribution in [0.1, 0.15) is 44.6 Å². The molecule has 5 heteroatoms. The normalized spacial score (nSPS) is 10.6. The van der Waals surface area contributed by atoms with Gasteiger partial charge in [0.15, 0.2) is 5.69 Å². The monoisotopic (exact) mass is 264 g/mol. The quantitative estimate of drug-likeness (QED) is 0.821. The standard InChI is InChI=1S/C14H24N4O/c1-5-9-15-13-8-7-12(16-17-13)14(19)18(6-2)10-11(3)4/h7-8,11H,5-6,9-10H2,1-4H3,(H,15,17). The van der Waals surface area contributed by atoms with E-state index in [1.165, 1.54) is 0 Å². The summed E-state index contributed by atoms with van der Waals surface area (Å²) >= 11 is 0. The zero-order valence-electron chi connectivity index (χ0n) is 12.3. The van der Waals surface area contributed by atoms with Gasteiger partial charge in [-0.25, -0.2) is 0 Å². The van der Waals surface area contributed by atoms with Gasteiger partial charge in [0.2, 0.25) is 0 Å². The van der Waals surface area contributed by atoms with E-state index in [0.717, 1.165) is 19.5 Å². The van der Waals surface area contributed by atoms with Gasteiger partial charge in [-0.1, -0.05) is 20.8 Å². The molecule has 1 rings (SSSR count). The highest BCUT2D eigenvalue weighted by Crippen LogP contribution is 2.07. The molecule has 0 aromatic carbocycles. The Balaban J connectivity index is 2.70. The van der Waals surface area contributed by atoms with Crippen molar-refractivity contribution in [2.75, 3.05) is 25.0 Å². The second-order valence-corrected chi connectivity index (χ2v) is 4.97. The van der Waals surface area contributed by atoms with E-state index in [-0.39, 0.29) is 5.91 Å². The first-order valence-corrected chi connectivity index (χ1v) is 6.95. The van der Waals surface area contributed by atoms with Crippen molar-refractivity contribution in [3.63, 3.8) is 0 Å². The van der Waals surface area contributed by atoms with Crippen LogP contribution >= 0.6 is 0 Å². The zero-order chi connectivity index (χ0) is 14.3. The van der Waals surface area contributed by atoms with Crippen LogP contribution in [-0.4, -0.2) is 40.6 Å². The van der Waals surface area contributed by atoms with Gasteiger partial charge in [-0.05, 0) is 31.4 Å². The lowest BCUT2D eigenvalue weighted by Gasteiger charge is -2.22. The fraction of sp³-hybridized carbons (Fsp3) is 0.643. The van der Waals surface area contributed by atoms with Crippen LogP contribution < -0.4 is 5.32 Å². The minimum Gasteiger partial charge on any atom is -0.369 e. The maximum absolute atomic E-state index is 12.2. The van der Waals surface area contributed by atoms with Gasteiger partial charge in [0.05, 0.1) is 0 Å². The number of hydrogen-bond acceptors (Lipinski definition) is 4. The molecule has 1 aromatic heterocycles. The molecule has 1 N–H and O–H groups in total. The van der Waals surface area contributed by atoms with Gasteiger partial charge in [-0.15, -0.1) is 10.2 Å².